The first kappa shape index (κ1) is 12.8. The minimum absolute atomic E-state index is 0.0291. The lowest BCUT2D eigenvalue weighted by atomic mass is 9.82. The van der Waals surface area contributed by atoms with Crippen LogP contribution in [0.15, 0.2) is 47.6 Å². The zero-order valence-electron chi connectivity index (χ0n) is 10.9. The van der Waals surface area contributed by atoms with E-state index in [1.807, 2.05) is 12.1 Å². The molecular formula is C16H15NO3. The van der Waals surface area contributed by atoms with Crippen molar-refractivity contribution < 1.29 is 14.7 Å². The molecule has 0 aromatic heterocycles. The third-order valence-electron chi connectivity index (χ3n) is 3.80. The normalized spacial score (nSPS) is 22.7. The maximum absolute atomic E-state index is 11.7. The molecule has 102 valence electrons. The molecule has 2 N–H and O–H groups in total. The van der Waals surface area contributed by atoms with E-state index >= 15 is 0 Å². The molecule has 0 spiro atoms. The fourth-order valence-corrected chi connectivity index (χ4v) is 2.74. The quantitative estimate of drug-likeness (QED) is 0.598. The number of benzene rings is 1. The number of nitrogens with one attached hydrogen (secondary N) is 1. The number of hydrogen-bond donors (Lipinski definition) is 2. The second-order valence-electron chi connectivity index (χ2n) is 5.10. The van der Waals surface area contributed by atoms with Gasteiger partial charge in [0.1, 0.15) is 5.75 Å². The molecule has 1 saturated heterocycles. The van der Waals surface area contributed by atoms with Crippen LogP contribution in [0.5, 0.6) is 5.75 Å². The maximum Gasteiger partial charge on any atom is 0.226 e. The summed E-state index contributed by atoms with van der Waals surface area (Å²) in [6.07, 6.45) is 3.69. The lowest BCUT2D eigenvalue weighted by Gasteiger charge is -2.21. The van der Waals surface area contributed by atoms with Crippen molar-refractivity contribution in [3.05, 3.63) is 53.1 Å². The molecule has 0 amide bonds. The van der Waals surface area contributed by atoms with Gasteiger partial charge in [-0.2, -0.15) is 0 Å². The molecule has 0 bridgehead atoms. The van der Waals surface area contributed by atoms with Gasteiger partial charge in [-0.15, -0.1) is 0 Å². The van der Waals surface area contributed by atoms with Crippen molar-refractivity contribution in [1.29, 1.82) is 0 Å². The van der Waals surface area contributed by atoms with E-state index in [9.17, 15) is 14.7 Å². The number of carbonyl (C=O) groups is 2. The first-order chi connectivity index (χ1) is 9.65. The molecule has 2 aliphatic rings. The van der Waals surface area contributed by atoms with Gasteiger partial charge in [0, 0.05) is 12.5 Å². The molecule has 3 rings (SSSR count). The van der Waals surface area contributed by atoms with Gasteiger partial charge in [-0.3, -0.25) is 9.59 Å². The Balaban J connectivity index is 2.03. The fraction of sp³-hybridized carbons (Fsp3) is 0.250. The van der Waals surface area contributed by atoms with E-state index in [2.05, 4.69) is 5.32 Å². The van der Waals surface area contributed by atoms with Crippen LogP contribution in [-0.4, -0.2) is 29.8 Å². The average Bonchev–Trinajstić information content (AvgIpc) is 2.63. The number of phenols is 1. The topological polar surface area (TPSA) is 66.4 Å². The average molecular weight is 269 g/mol. The Bertz CT molecular complexity index is 626. The number of rotatable bonds is 1. The van der Waals surface area contributed by atoms with Crippen molar-refractivity contribution >= 4 is 11.6 Å². The first-order valence-electron chi connectivity index (χ1n) is 6.65. The van der Waals surface area contributed by atoms with Gasteiger partial charge in [0.05, 0.1) is 0 Å². The molecular weight excluding hydrogens is 254 g/mol. The van der Waals surface area contributed by atoms with Gasteiger partial charge in [-0.05, 0) is 54.0 Å². The summed E-state index contributed by atoms with van der Waals surface area (Å²) in [6, 6.07) is 6.98. The predicted molar refractivity (Wildman–Crippen MR) is 74.5 cm³/mol. The Morgan fingerprint density at radius 3 is 2.50 bits per heavy atom. The zero-order chi connectivity index (χ0) is 14.1. The van der Waals surface area contributed by atoms with Gasteiger partial charge in [0.2, 0.25) is 11.6 Å². The van der Waals surface area contributed by atoms with Crippen molar-refractivity contribution in [3.63, 3.8) is 0 Å². The second kappa shape index (κ2) is 5.06. The van der Waals surface area contributed by atoms with E-state index in [1.54, 1.807) is 12.1 Å². The highest BCUT2D eigenvalue weighted by Crippen LogP contribution is 2.34. The highest BCUT2D eigenvalue weighted by atomic mass is 16.3. The number of phenolic OH excluding ortho intramolecular Hbond substituents is 1. The molecule has 1 aliphatic carbocycles. The van der Waals surface area contributed by atoms with Crippen LogP contribution in [-0.2, 0) is 9.59 Å². The van der Waals surface area contributed by atoms with Crippen molar-refractivity contribution in [2.45, 2.75) is 12.3 Å². The summed E-state index contributed by atoms with van der Waals surface area (Å²) in [4.78, 5) is 23.2. The lowest BCUT2D eigenvalue weighted by Crippen LogP contribution is -2.21. The van der Waals surface area contributed by atoms with Crippen LogP contribution in [0.4, 0.5) is 0 Å². The van der Waals surface area contributed by atoms with Crippen LogP contribution in [0.25, 0.3) is 0 Å². The fourth-order valence-electron chi connectivity index (χ4n) is 2.74. The predicted octanol–water partition coefficient (Wildman–Crippen LogP) is 1.47. The summed E-state index contributed by atoms with van der Waals surface area (Å²) >= 11 is 0. The number of fused-ring (bicyclic) bond motifs is 1. The Morgan fingerprint density at radius 2 is 1.75 bits per heavy atom. The third-order valence-corrected chi connectivity index (χ3v) is 3.80. The number of allylic oxidation sites excluding steroid dienone is 2. The highest BCUT2D eigenvalue weighted by Gasteiger charge is 2.28. The maximum atomic E-state index is 11.7. The molecule has 20 heavy (non-hydrogen) atoms. The summed E-state index contributed by atoms with van der Waals surface area (Å²) in [6.45, 7) is 1.51. The van der Waals surface area contributed by atoms with Crippen LogP contribution in [0.2, 0.25) is 0 Å². The highest BCUT2D eigenvalue weighted by molar-refractivity contribution is 6.46. The first-order valence-corrected chi connectivity index (χ1v) is 6.65. The summed E-state index contributed by atoms with van der Waals surface area (Å²) < 4.78 is 0. The van der Waals surface area contributed by atoms with Crippen LogP contribution >= 0.6 is 0 Å². The molecule has 0 saturated carbocycles. The molecule has 1 aromatic rings. The van der Waals surface area contributed by atoms with E-state index in [0.29, 0.717) is 0 Å². The van der Waals surface area contributed by atoms with Gasteiger partial charge in [0.25, 0.3) is 0 Å². The Morgan fingerprint density at radius 1 is 1.05 bits per heavy atom. The van der Waals surface area contributed by atoms with Crippen LogP contribution in [0.3, 0.4) is 0 Å². The van der Waals surface area contributed by atoms with E-state index in [-0.39, 0.29) is 11.7 Å². The number of aromatic hydroxyl groups is 1. The molecule has 1 aliphatic heterocycles. The Hall–Kier alpha value is -2.20. The van der Waals surface area contributed by atoms with Crippen LogP contribution in [0, 0.1) is 0 Å². The monoisotopic (exact) mass is 269 g/mol. The molecule has 1 atom stereocenters. The van der Waals surface area contributed by atoms with Gasteiger partial charge in [-0.25, -0.2) is 0 Å². The number of hydrogen-bond acceptors (Lipinski definition) is 4. The number of carbonyl (C=O) groups excluding carboxylic acids is 2. The van der Waals surface area contributed by atoms with E-state index in [1.165, 1.54) is 12.2 Å². The van der Waals surface area contributed by atoms with Crippen molar-refractivity contribution in [2.75, 3.05) is 13.1 Å². The molecule has 1 heterocycles. The Labute approximate surface area is 116 Å². The zero-order valence-corrected chi connectivity index (χ0v) is 10.9. The minimum Gasteiger partial charge on any atom is -0.508 e. The number of ketones is 2. The minimum atomic E-state index is -0.450. The third kappa shape index (κ3) is 2.30. The Kier molecular flexibility index (Phi) is 3.24. The van der Waals surface area contributed by atoms with E-state index < -0.39 is 11.6 Å². The van der Waals surface area contributed by atoms with Crippen LogP contribution in [0.1, 0.15) is 17.9 Å². The molecule has 0 radical (unpaired) electrons. The van der Waals surface area contributed by atoms with Crippen molar-refractivity contribution in [3.8, 4) is 5.75 Å². The molecule has 4 nitrogen and oxygen atoms in total. The molecule has 1 aromatic carbocycles. The van der Waals surface area contributed by atoms with Gasteiger partial charge < -0.3 is 10.4 Å². The van der Waals surface area contributed by atoms with E-state index in [4.69, 9.17) is 0 Å². The smallest absolute Gasteiger partial charge is 0.226 e. The molecule has 1 unspecified atom stereocenters. The van der Waals surface area contributed by atoms with Gasteiger partial charge in [-0.1, -0.05) is 12.1 Å². The molecule has 4 heteroatoms. The summed E-state index contributed by atoms with van der Waals surface area (Å²) in [5.41, 5.74) is 2.89. The summed E-state index contributed by atoms with van der Waals surface area (Å²) in [7, 11) is 0. The SMILES string of the molecule is O=C1C=C2CCNCC(c3ccc(O)cc3)C2=CC1=O. The lowest BCUT2D eigenvalue weighted by molar-refractivity contribution is -0.131. The summed E-state index contributed by atoms with van der Waals surface area (Å²) in [5.74, 6) is -0.638. The van der Waals surface area contributed by atoms with Crippen molar-refractivity contribution in [1.82, 2.24) is 5.32 Å². The standard InChI is InChI=1S/C16H15NO3/c18-12-3-1-10(2-4-12)14-9-17-6-5-11-7-15(19)16(20)8-13(11)14/h1-4,7-8,14,17-18H,5-6,9H2. The summed E-state index contributed by atoms with van der Waals surface area (Å²) in [5, 5.41) is 12.7. The van der Waals surface area contributed by atoms with Crippen molar-refractivity contribution in [2.24, 2.45) is 0 Å². The van der Waals surface area contributed by atoms with Gasteiger partial charge >= 0.3 is 0 Å². The largest absolute Gasteiger partial charge is 0.508 e. The van der Waals surface area contributed by atoms with Crippen LogP contribution < -0.4 is 5.32 Å². The molecule has 1 fully saturated rings. The van der Waals surface area contributed by atoms with E-state index in [0.717, 1.165) is 36.2 Å². The van der Waals surface area contributed by atoms with Gasteiger partial charge in [0.15, 0.2) is 0 Å². The second-order valence-corrected chi connectivity index (χ2v) is 5.10.